The number of halogens is 2. The second-order valence-electron chi connectivity index (χ2n) is 9.19. The molecule has 2 saturated heterocycles. The van der Waals surface area contributed by atoms with Gasteiger partial charge in [-0.05, 0) is 47.7 Å². The molecule has 12 heteroatoms. The number of H-pyrrole nitrogens is 1. The van der Waals surface area contributed by atoms with E-state index in [-0.39, 0.29) is 40.4 Å². The van der Waals surface area contributed by atoms with Crippen LogP contribution in [0.5, 0.6) is 5.75 Å². The molecule has 0 spiro atoms. The van der Waals surface area contributed by atoms with E-state index in [0.717, 1.165) is 32.0 Å². The summed E-state index contributed by atoms with van der Waals surface area (Å²) in [6, 6.07) is 2.53. The number of rotatable bonds is 6. The Bertz CT molecular complexity index is 1130. The van der Waals surface area contributed by atoms with Gasteiger partial charge in [-0.15, -0.1) is 0 Å². The Kier molecular flexibility index (Phi) is 6.88. The topological polar surface area (TPSA) is 123 Å². The van der Waals surface area contributed by atoms with Gasteiger partial charge in [0.25, 0.3) is 5.56 Å². The number of likely N-dealkylation sites (tertiary alicyclic amines) is 1. The van der Waals surface area contributed by atoms with E-state index in [0.29, 0.717) is 35.6 Å². The van der Waals surface area contributed by atoms with Crippen molar-refractivity contribution in [1.82, 2.24) is 25.1 Å². The lowest BCUT2D eigenvalue weighted by Gasteiger charge is -2.32. The van der Waals surface area contributed by atoms with Gasteiger partial charge < -0.3 is 30.3 Å². The molecule has 10 nitrogen and oxygen atoms in total. The highest BCUT2D eigenvalue weighted by Gasteiger charge is 2.32. The molecule has 3 aliphatic rings. The highest BCUT2D eigenvalue weighted by Crippen LogP contribution is 2.38. The number of hydrogen-bond donors (Lipinski definition) is 4. The van der Waals surface area contributed by atoms with Crippen molar-refractivity contribution in [2.24, 2.45) is 0 Å². The average Bonchev–Trinajstić information content (AvgIpc) is 3.66. The standard InChI is InChI=1S/C22H28BrClN6O4/c23-15-9-16-17(19(18(15)24)34-11-13-10-30(22(32)33)8-5-25-13)20(31)28-21(27-16)26-12-3-6-29(7-4-12)14-1-2-14/h9,12-14,25H,1-8,10-11H2,(H,32,33)(H2,26,27,28,31)/t13-/m0/s1. The molecular formula is C22H28BrClN6O4. The largest absolute Gasteiger partial charge is 0.489 e. The molecule has 34 heavy (non-hydrogen) atoms. The predicted molar refractivity (Wildman–Crippen MR) is 133 cm³/mol. The summed E-state index contributed by atoms with van der Waals surface area (Å²) >= 11 is 9.93. The van der Waals surface area contributed by atoms with Crippen LogP contribution in [0, 0.1) is 0 Å². The molecule has 2 aliphatic heterocycles. The van der Waals surface area contributed by atoms with Gasteiger partial charge in [0, 0.05) is 49.3 Å². The van der Waals surface area contributed by atoms with E-state index in [4.69, 9.17) is 16.3 Å². The Hall–Kier alpha value is -2.08. The van der Waals surface area contributed by atoms with E-state index in [1.807, 2.05) is 0 Å². The molecule has 0 radical (unpaired) electrons. The third-order valence-corrected chi connectivity index (χ3v) is 7.96. The van der Waals surface area contributed by atoms with Gasteiger partial charge in [-0.2, -0.15) is 0 Å². The molecule has 1 aliphatic carbocycles. The normalized spacial score (nSPS) is 22.2. The summed E-state index contributed by atoms with van der Waals surface area (Å²) in [5.74, 6) is 0.673. The second kappa shape index (κ2) is 9.88. The molecule has 1 aromatic carbocycles. The van der Waals surface area contributed by atoms with E-state index in [9.17, 15) is 14.7 Å². The number of benzene rings is 1. The summed E-state index contributed by atoms with van der Waals surface area (Å²) in [6.07, 6.45) is 3.69. The minimum Gasteiger partial charge on any atom is -0.489 e. The zero-order chi connectivity index (χ0) is 23.8. The van der Waals surface area contributed by atoms with Crippen LogP contribution in [0.2, 0.25) is 5.02 Å². The monoisotopic (exact) mass is 554 g/mol. The fourth-order valence-electron chi connectivity index (χ4n) is 4.76. The molecule has 3 heterocycles. The maximum absolute atomic E-state index is 13.1. The van der Waals surface area contributed by atoms with Gasteiger partial charge in [-0.3, -0.25) is 9.78 Å². The molecule has 1 aromatic heterocycles. The van der Waals surface area contributed by atoms with Crippen molar-refractivity contribution >= 4 is 50.5 Å². The quantitative estimate of drug-likeness (QED) is 0.429. The fourth-order valence-corrected chi connectivity index (χ4v) is 5.36. The van der Waals surface area contributed by atoms with Crippen molar-refractivity contribution in [2.75, 3.05) is 44.6 Å². The smallest absolute Gasteiger partial charge is 0.407 e. The van der Waals surface area contributed by atoms with Crippen molar-refractivity contribution in [3.05, 3.63) is 25.9 Å². The number of nitrogens with zero attached hydrogens (tertiary/aromatic N) is 3. The molecule has 5 rings (SSSR count). The molecular weight excluding hydrogens is 528 g/mol. The fraction of sp³-hybridized carbons (Fsp3) is 0.591. The number of hydrogen-bond acceptors (Lipinski definition) is 7. The van der Waals surface area contributed by atoms with Crippen LogP contribution in [-0.4, -0.2) is 88.4 Å². The SMILES string of the molecule is O=C(O)N1CCN[C@H](COc2c(Cl)c(Br)cc3nc(NC4CCN(C5CC5)CC4)[nH]c(=O)c23)C1. The number of piperidine rings is 1. The van der Waals surface area contributed by atoms with Gasteiger partial charge in [-0.25, -0.2) is 9.78 Å². The molecule has 1 saturated carbocycles. The third-order valence-electron chi connectivity index (χ3n) is 6.74. The molecule has 4 N–H and O–H groups in total. The lowest BCUT2D eigenvalue weighted by molar-refractivity contribution is 0.118. The van der Waals surface area contributed by atoms with Crippen molar-refractivity contribution in [2.45, 2.75) is 43.8 Å². The number of ether oxygens (including phenoxy) is 1. The molecule has 1 amide bonds. The summed E-state index contributed by atoms with van der Waals surface area (Å²) in [4.78, 5) is 35.7. The van der Waals surface area contributed by atoms with Crippen molar-refractivity contribution in [3.8, 4) is 5.75 Å². The number of aromatic nitrogens is 2. The van der Waals surface area contributed by atoms with E-state index in [1.165, 1.54) is 17.7 Å². The highest BCUT2D eigenvalue weighted by atomic mass is 79.9. The van der Waals surface area contributed by atoms with Crippen LogP contribution in [0.15, 0.2) is 15.3 Å². The summed E-state index contributed by atoms with van der Waals surface area (Å²) in [5, 5.41) is 16.4. The van der Waals surface area contributed by atoms with E-state index in [1.54, 1.807) is 6.07 Å². The Balaban J connectivity index is 1.32. The lowest BCUT2D eigenvalue weighted by atomic mass is 10.1. The number of aromatic amines is 1. The first kappa shape index (κ1) is 23.7. The number of nitrogens with one attached hydrogen (secondary N) is 3. The minimum absolute atomic E-state index is 0.161. The zero-order valence-electron chi connectivity index (χ0n) is 18.6. The average molecular weight is 556 g/mol. The minimum atomic E-state index is -0.962. The van der Waals surface area contributed by atoms with Gasteiger partial charge in [0.1, 0.15) is 12.0 Å². The van der Waals surface area contributed by atoms with Crippen LogP contribution in [-0.2, 0) is 0 Å². The van der Waals surface area contributed by atoms with E-state index in [2.05, 4.69) is 41.4 Å². The lowest BCUT2D eigenvalue weighted by Crippen LogP contribution is -2.54. The summed E-state index contributed by atoms with van der Waals surface area (Å²) in [7, 11) is 0. The van der Waals surface area contributed by atoms with Gasteiger partial charge in [-0.1, -0.05) is 11.6 Å². The van der Waals surface area contributed by atoms with Gasteiger partial charge in [0.15, 0.2) is 5.75 Å². The highest BCUT2D eigenvalue weighted by molar-refractivity contribution is 9.10. The molecule has 2 aromatic rings. The first-order valence-electron chi connectivity index (χ1n) is 11.7. The van der Waals surface area contributed by atoms with Crippen LogP contribution < -0.4 is 20.9 Å². The van der Waals surface area contributed by atoms with Crippen LogP contribution >= 0.6 is 27.5 Å². The number of carboxylic acid groups (broad SMARTS) is 1. The third kappa shape index (κ3) is 5.12. The Morgan fingerprint density at radius 3 is 2.76 bits per heavy atom. The van der Waals surface area contributed by atoms with Crippen LogP contribution in [0.1, 0.15) is 25.7 Å². The van der Waals surface area contributed by atoms with Crippen molar-refractivity contribution in [1.29, 1.82) is 0 Å². The number of carbonyl (C=O) groups is 1. The van der Waals surface area contributed by atoms with Crippen LogP contribution in [0.25, 0.3) is 10.9 Å². The summed E-state index contributed by atoms with van der Waals surface area (Å²) < 4.78 is 6.55. The number of fused-ring (bicyclic) bond motifs is 1. The van der Waals surface area contributed by atoms with Crippen molar-refractivity contribution in [3.63, 3.8) is 0 Å². The first-order chi connectivity index (χ1) is 16.4. The molecule has 0 bridgehead atoms. The van der Waals surface area contributed by atoms with Gasteiger partial charge in [0.2, 0.25) is 5.95 Å². The maximum atomic E-state index is 13.1. The molecule has 1 atom stereocenters. The van der Waals surface area contributed by atoms with E-state index >= 15 is 0 Å². The van der Waals surface area contributed by atoms with Crippen LogP contribution in [0.4, 0.5) is 10.7 Å². The van der Waals surface area contributed by atoms with Gasteiger partial charge >= 0.3 is 6.09 Å². The number of piperazine rings is 1. The van der Waals surface area contributed by atoms with E-state index < -0.39 is 6.09 Å². The van der Waals surface area contributed by atoms with Gasteiger partial charge in [0.05, 0.1) is 16.6 Å². The Morgan fingerprint density at radius 2 is 2.06 bits per heavy atom. The van der Waals surface area contributed by atoms with Crippen molar-refractivity contribution < 1.29 is 14.6 Å². The molecule has 3 fully saturated rings. The second-order valence-corrected chi connectivity index (χ2v) is 10.4. The zero-order valence-corrected chi connectivity index (χ0v) is 21.0. The first-order valence-corrected chi connectivity index (χ1v) is 12.8. The molecule has 0 unspecified atom stereocenters. The van der Waals surface area contributed by atoms with Crippen LogP contribution in [0.3, 0.4) is 0 Å². The number of anilines is 1. The number of amides is 1. The summed E-state index contributed by atoms with van der Waals surface area (Å²) in [6.45, 7) is 3.53. The summed E-state index contributed by atoms with van der Waals surface area (Å²) in [5.41, 5.74) is 0.132. The Labute approximate surface area is 210 Å². The Morgan fingerprint density at radius 1 is 1.29 bits per heavy atom. The maximum Gasteiger partial charge on any atom is 0.407 e. The molecule has 184 valence electrons. The predicted octanol–water partition coefficient (Wildman–Crippen LogP) is 2.71.